The van der Waals surface area contributed by atoms with Gasteiger partial charge in [-0.1, -0.05) is 42.0 Å². The summed E-state index contributed by atoms with van der Waals surface area (Å²) >= 11 is 0. The first-order chi connectivity index (χ1) is 15.5. The van der Waals surface area contributed by atoms with Gasteiger partial charge in [-0.2, -0.15) is 0 Å². The molecule has 7 heteroatoms. The first kappa shape index (κ1) is 21.6. The van der Waals surface area contributed by atoms with Crippen molar-refractivity contribution in [2.24, 2.45) is 0 Å². The number of aryl methyl sites for hydroxylation is 1. The fraction of sp³-hybridized carbons (Fsp3) is 0.320. The van der Waals surface area contributed by atoms with E-state index in [-0.39, 0.29) is 18.0 Å². The van der Waals surface area contributed by atoms with Gasteiger partial charge in [0.1, 0.15) is 0 Å². The minimum Gasteiger partial charge on any atom is -0.339 e. The van der Waals surface area contributed by atoms with Crippen LogP contribution in [0.2, 0.25) is 0 Å². The van der Waals surface area contributed by atoms with Crippen LogP contribution in [0.15, 0.2) is 67.3 Å². The number of benzene rings is 2. The third kappa shape index (κ3) is 5.17. The van der Waals surface area contributed by atoms with Gasteiger partial charge in [-0.3, -0.25) is 4.79 Å². The summed E-state index contributed by atoms with van der Waals surface area (Å²) in [5.41, 5.74) is 4.27. The highest BCUT2D eigenvalue weighted by atomic mass is 16.2. The number of piperazine rings is 1. The second-order valence-corrected chi connectivity index (χ2v) is 8.26. The molecule has 0 saturated carbocycles. The zero-order chi connectivity index (χ0) is 22.5. The minimum atomic E-state index is -0.111. The number of imidazole rings is 1. The van der Waals surface area contributed by atoms with E-state index >= 15 is 0 Å². The molecule has 0 radical (unpaired) electrons. The third-order valence-corrected chi connectivity index (χ3v) is 5.93. The van der Waals surface area contributed by atoms with Gasteiger partial charge in [0.05, 0.1) is 18.8 Å². The van der Waals surface area contributed by atoms with Crippen LogP contribution >= 0.6 is 0 Å². The fourth-order valence-electron chi connectivity index (χ4n) is 3.86. The van der Waals surface area contributed by atoms with Crippen LogP contribution in [0.3, 0.4) is 0 Å². The third-order valence-electron chi connectivity index (χ3n) is 5.93. The lowest BCUT2D eigenvalue weighted by atomic mass is 10.1. The van der Waals surface area contributed by atoms with Gasteiger partial charge >= 0.3 is 6.03 Å². The molecular weight excluding hydrogens is 402 g/mol. The Labute approximate surface area is 188 Å². The molecule has 2 aromatic carbocycles. The van der Waals surface area contributed by atoms with Gasteiger partial charge in [-0.15, -0.1) is 0 Å². The number of aromatic nitrogens is 2. The molecule has 166 valence electrons. The van der Waals surface area contributed by atoms with E-state index in [2.05, 4.69) is 10.3 Å². The molecule has 1 atom stereocenters. The first-order valence-corrected chi connectivity index (χ1v) is 11.0. The van der Waals surface area contributed by atoms with E-state index in [0.29, 0.717) is 32.6 Å². The average Bonchev–Trinajstić information content (AvgIpc) is 3.36. The Balaban J connectivity index is 1.26. The average molecular weight is 432 g/mol. The van der Waals surface area contributed by atoms with E-state index in [1.165, 1.54) is 5.56 Å². The smallest absolute Gasteiger partial charge is 0.317 e. The van der Waals surface area contributed by atoms with E-state index in [1.54, 1.807) is 17.4 Å². The molecule has 1 aromatic heterocycles. The molecule has 1 saturated heterocycles. The standard InChI is InChI=1S/C25H29N5O2/c1-19-3-5-21(6-4-19)17-24(31)28-13-15-29(16-14-28)25(32)27-20(2)22-7-9-23(10-8-22)30-12-11-26-18-30/h3-12,18,20H,13-17H2,1-2H3,(H,27,32). The summed E-state index contributed by atoms with van der Waals surface area (Å²) in [5.74, 6) is 0.111. The molecule has 0 aliphatic carbocycles. The second-order valence-electron chi connectivity index (χ2n) is 8.26. The Morgan fingerprint density at radius 1 is 0.969 bits per heavy atom. The van der Waals surface area contributed by atoms with Crippen LogP contribution in [0.5, 0.6) is 0 Å². The SMILES string of the molecule is Cc1ccc(CC(=O)N2CCN(C(=O)NC(C)c3ccc(-n4ccnc4)cc3)CC2)cc1. The van der Waals surface area contributed by atoms with Gasteiger partial charge in [-0.25, -0.2) is 9.78 Å². The summed E-state index contributed by atoms with van der Waals surface area (Å²) in [6, 6.07) is 15.9. The number of carbonyl (C=O) groups excluding carboxylic acids is 2. The lowest BCUT2D eigenvalue weighted by Crippen LogP contribution is -2.53. The van der Waals surface area contributed by atoms with Gasteiger partial charge in [0.25, 0.3) is 0 Å². The topological polar surface area (TPSA) is 70.5 Å². The first-order valence-electron chi connectivity index (χ1n) is 11.0. The van der Waals surface area contributed by atoms with Crippen LogP contribution in [0.1, 0.15) is 29.7 Å². The summed E-state index contributed by atoms with van der Waals surface area (Å²) in [5, 5.41) is 3.07. The summed E-state index contributed by atoms with van der Waals surface area (Å²) < 4.78 is 1.94. The monoisotopic (exact) mass is 431 g/mol. The van der Waals surface area contributed by atoms with Crippen molar-refractivity contribution in [3.05, 3.63) is 83.9 Å². The molecule has 1 aliphatic heterocycles. The zero-order valence-corrected chi connectivity index (χ0v) is 18.6. The van der Waals surface area contributed by atoms with Crippen molar-refractivity contribution in [1.29, 1.82) is 0 Å². The Morgan fingerprint density at radius 3 is 2.25 bits per heavy atom. The number of hydrogen-bond acceptors (Lipinski definition) is 3. The van der Waals surface area contributed by atoms with Gasteiger partial charge in [0.2, 0.25) is 5.91 Å². The summed E-state index contributed by atoms with van der Waals surface area (Å²) in [7, 11) is 0. The van der Waals surface area contributed by atoms with Crippen molar-refractivity contribution in [1.82, 2.24) is 24.7 Å². The zero-order valence-electron chi connectivity index (χ0n) is 18.6. The van der Waals surface area contributed by atoms with Crippen molar-refractivity contribution in [3.63, 3.8) is 0 Å². The number of urea groups is 1. The minimum absolute atomic E-state index is 0.0955. The Bertz CT molecular complexity index is 1040. The Hall–Kier alpha value is -3.61. The number of rotatable bonds is 5. The van der Waals surface area contributed by atoms with Crippen LogP contribution in [-0.2, 0) is 11.2 Å². The van der Waals surface area contributed by atoms with Gasteiger partial charge < -0.3 is 19.7 Å². The summed E-state index contributed by atoms with van der Waals surface area (Å²) in [6.45, 7) is 6.21. The van der Waals surface area contributed by atoms with E-state index < -0.39 is 0 Å². The summed E-state index contributed by atoms with van der Waals surface area (Å²) in [6.07, 6.45) is 5.79. The number of amides is 3. The van der Waals surface area contributed by atoms with Crippen molar-refractivity contribution in [3.8, 4) is 5.69 Å². The van der Waals surface area contributed by atoms with Gasteiger partial charge in [0.15, 0.2) is 0 Å². The fourth-order valence-corrected chi connectivity index (χ4v) is 3.86. The summed E-state index contributed by atoms with van der Waals surface area (Å²) in [4.78, 5) is 33.0. The second kappa shape index (κ2) is 9.68. The van der Waals surface area contributed by atoms with Crippen LogP contribution in [0, 0.1) is 6.92 Å². The van der Waals surface area contributed by atoms with Crippen LogP contribution < -0.4 is 5.32 Å². The molecule has 1 aliphatic rings. The lowest BCUT2D eigenvalue weighted by molar-refractivity contribution is -0.131. The van der Waals surface area contributed by atoms with Crippen molar-refractivity contribution >= 4 is 11.9 Å². The maximum Gasteiger partial charge on any atom is 0.317 e. The normalized spacial score (nSPS) is 14.8. The number of carbonyl (C=O) groups is 2. The maximum atomic E-state index is 12.7. The van der Waals surface area contributed by atoms with E-state index in [0.717, 1.165) is 16.8 Å². The van der Waals surface area contributed by atoms with Crippen molar-refractivity contribution in [2.45, 2.75) is 26.3 Å². The molecular formula is C25H29N5O2. The quantitative estimate of drug-likeness (QED) is 0.674. The molecule has 1 N–H and O–H groups in total. The molecule has 0 spiro atoms. The molecule has 2 heterocycles. The van der Waals surface area contributed by atoms with E-state index in [4.69, 9.17) is 0 Å². The van der Waals surface area contributed by atoms with Crippen LogP contribution in [-0.4, -0.2) is 57.5 Å². The van der Waals surface area contributed by atoms with Crippen molar-refractivity contribution in [2.75, 3.05) is 26.2 Å². The highest BCUT2D eigenvalue weighted by molar-refractivity contribution is 5.79. The molecule has 1 fully saturated rings. The number of nitrogens with zero attached hydrogens (tertiary/aromatic N) is 4. The number of hydrogen-bond donors (Lipinski definition) is 1. The molecule has 4 rings (SSSR count). The van der Waals surface area contributed by atoms with Gasteiger partial charge in [-0.05, 0) is 37.1 Å². The van der Waals surface area contributed by atoms with E-state index in [9.17, 15) is 9.59 Å². The van der Waals surface area contributed by atoms with Gasteiger partial charge in [0, 0.05) is 44.3 Å². The largest absolute Gasteiger partial charge is 0.339 e. The molecule has 7 nitrogen and oxygen atoms in total. The Morgan fingerprint density at radius 2 is 1.62 bits per heavy atom. The maximum absolute atomic E-state index is 12.7. The molecule has 0 bridgehead atoms. The van der Waals surface area contributed by atoms with Crippen LogP contribution in [0.25, 0.3) is 5.69 Å². The lowest BCUT2D eigenvalue weighted by Gasteiger charge is -2.35. The highest BCUT2D eigenvalue weighted by Gasteiger charge is 2.25. The van der Waals surface area contributed by atoms with E-state index in [1.807, 2.05) is 78.0 Å². The highest BCUT2D eigenvalue weighted by Crippen LogP contribution is 2.16. The molecule has 3 amide bonds. The predicted molar refractivity (Wildman–Crippen MR) is 124 cm³/mol. The van der Waals surface area contributed by atoms with Crippen molar-refractivity contribution < 1.29 is 9.59 Å². The Kier molecular flexibility index (Phi) is 6.54. The number of nitrogens with one attached hydrogen (secondary N) is 1. The molecule has 3 aromatic rings. The predicted octanol–water partition coefficient (Wildman–Crippen LogP) is 3.34. The molecule has 32 heavy (non-hydrogen) atoms. The van der Waals surface area contributed by atoms with Crippen LogP contribution in [0.4, 0.5) is 4.79 Å². The molecule has 1 unspecified atom stereocenters.